The van der Waals surface area contributed by atoms with Crippen molar-refractivity contribution in [2.45, 2.75) is 26.8 Å². The molecule has 0 unspecified atom stereocenters. The molecule has 1 heterocycles. The third kappa shape index (κ3) is 4.37. The summed E-state index contributed by atoms with van der Waals surface area (Å²) in [7, 11) is 1.51. The molecule has 2 aromatic rings. The van der Waals surface area contributed by atoms with Gasteiger partial charge in [-0.05, 0) is 25.0 Å². The number of thiophene rings is 1. The molecule has 5 nitrogen and oxygen atoms in total. The van der Waals surface area contributed by atoms with Crippen molar-refractivity contribution in [2.24, 2.45) is 5.92 Å². The predicted molar refractivity (Wildman–Crippen MR) is 101 cm³/mol. The Bertz CT molecular complexity index is 804. The summed E-state index contributed by atoms with van der Waals surface area (Å²) >= 11 is 13.6. The van der Waals surface area contributed by atoms with E-state index in [0.717, 1.165) is 11.3 Å². The largest absolute Gasteiger partial charge is 0.495 e. The predicted octanol–water partition coefficient (Wildman–Crippen LogP) is 4.53. The first-order valence-electron chi connectivity index (χ1n) is 7.67. The molecule has 0 spiro atoms. The van der Waals surface area contributed by atoms with Crippen molar-refractivity contribution in [3.63, 3.8) is 0 Å². The van der Waals surface area contributed by atoms with E-state index in [1.807, 2.05) is 20.8 Å². The third-order valence-electron chi connectivity index (χ3n) is 3.83. The molecular weight excluding hydrogens is 385 g/mol. The summed E-state index contributed by atoms with van der Waals surface area (Å²) in [5.41, 5.74) is 0. The minimum absolute atomic E-state index is 0.00890. The molecule has 2 rings (SSSR count). The van der Waals surface area contributed by atoms with E-state index in [1.165, 1.54) is 7.11 Å². The second kappa shape index (κ2) is 8.25. The molecule has 0 fully saturated rings. The highest BCUT2D eigenvalue weighted by atomic mass is 35.5. The number of fused-ring (bicyclic) bond motifs is 1. The van der Waals surface area contributed by atoms with Gasteiger partial charge in [0.05, 0.1) is 16.8 Å². The molecule has 1 aromatic heterocycles. The van der Waals surface area contributed by atoms with E-state index < -0.39 is 5.97 Å². The van der Waals surface area contributed by atoms with Gasteiger partial charge in [-0.3, -0.25) is 4.79 Å². The number of rotatable bonds is 6. The van der Waals surface area contributed by atoms with Gasteiger partial charge < -0.3 is 14.8 Å². The lowest BCUT2D eigenvalue weighted by atomic mass is 10.1. The highest BCUT2D eigenvalue weighted by Crippen LogP contribution is 2.43. The first kappa shape index (κ1) is 19.8. The van der Waals surface area contributed by atoms with E-state index in [2.05, 4.69) is 5.32 Å². The molecular formula is C17H19Cl2NO4S. The average Bonchev–Trinajstić information content (AvgIpc) is 2.91. The van der Waals surface area contributed by atoms with Crippen molar-refractivity contribution in [2.75, 3.05) is 13.7 Å². The smallest absolute Gasteiger partial charge is 0.350 e. The number of halogens is 2. The number of hydrogen-bond acceptors (Lipinski definition) is 5. The van der Waals surface area contributed by atoms with Gasteiger partial charge in [-0.15, -0.1) is 11.3 Å². The third-order valence-corrected chi connectivity index (χ3v) is 6.02. The second-order valence-corrected chi connectivity index (χ2v) is 7.66. The Balaban J connectivity index is 2.13. The lowest BCUT2D eigenvalue weighted by Gasteiger charge is -2.17. The van der Waals surface area contributed by atoms with Gasteiger partial charge in [0.25, 0.3) is 5.91 Å². The minimum atomic E-state index is -0.659. The maximum atomic E-state index is 12.3. The minimum Gasteiger partial charge on any atom is -0.495 e. The van der Waals surface area contributed by atoms with Crippen LogP contribution >= 0.6 is 34.5 Å². The van der Waals surface area contributed by atoms with Crippen molar-refractivity contribution >= 4 is 56.5 Å². The van der Waals surface area contributed by atoms with Gasteiger partial charge in [0.1, 0.15) is 15.6 Å². The van der Waals surface area contributed by atoms with Crippen LogP contribution in [0.4, 0.5) is 0 Å². The normalized spacial score (nSPS) is 12.3. The summed E-state index contributed by atoms with van der Waals surface area (Å²) in [6, 6.07) is 3.40. The molecule has 1 atom stereocenters. The van der Waals surface area contributed by atoms with Crippen molar-refractivity contribution < 1.29 is 19.1 Å². The molecule has 1 N–H and O–H groups in total. The number of methoxy groups -OCH3 is 1. The van der Waals surface area contributed by atoms with Gasteiger partial charge in [-0.1, -0.05) is 37.0 Å². The Labute approximate surface area is 160 Å². The number of hydrogen-bond donors (Lipinski definition) is 1. The molecule has 0 bridgehead atoms. The molecule has 0 aliphatic rings. The van der Waals surface area contributed by atoms with E-state index in [9.17, 15) is 9.59 Å². The molecule has 25 heavy (non-hydrogen) atoms. The summed E-state index contributed by atoms with van der Waals surface area (Å²) in [4.78, 5) is 24.3. The summed E-state index contributed by atoms with van der Waals surface area (Å²) in [6.07, 6.45) is 0. The van der Waals surface area contributed by atoms with Crippen LogP contribution in [0.3, 0.4) is 0 Å². The molecule has 0 radical (unpaired) electrons. The van der Waals surface area contributed by atoms with Gasteiger partial charge in [0.2, 0.25) is 0 Å². The van der Waals surface area contributed by atoms with Crippen LogP contribution in [0.25, 0.3) is 10.1 Å². The van der Waals surface area contributed by atoms with Crippen LogP contribution < -0.4 is 10.1 Å². The van der Waals surface area contributed by atoms with Crippen molar-refractivity contribution in [3.05, 3.63) is 27.1 Å². The number of esters is 1. The first-order valence-corrected chi connectivity index (χ1v) is 9.24. The second-order valence-electron chi connectivity index (χ2n) is 5.88. The summed E-state index contributed by atoms with van der Waals surface area (Å²) in [5, 5.41) is 4.05. The summed E-state index contributed by atoms with van der Waals surface area (Å²) in [5.74, 6) is -0.233. The molecule has 0 saturated heterocycles. The zero-order chi connectivity index (χ0) is 18.7. The fraction of sp³-hybridized carbons (Fsp3) is 0.412. The highest BCUT2D eigenvalue weighted by Gasteiger charge is 2.22. The molecule has 1 aromatic carbocycles. The van der Waals surface area contributed by atoms with Crippen LogP contribution in [0.2, 0.25) is 10.0 Å². The van der Waals surface area contributed by atoms with E-state index in [0.29, 0.717) is 20.9 Å². The Hall–Kier alpha value is -1.50. The van der Waals surface area contributed by atoms with Crippen LogP contribution in [0.1, 0.15) is 30.4 Å². The molecule has 1 amide bonds. The van der Waals surface area contributed by atoms with Gasteiger partial charge in [0.15, 0.2) is 6.61 Å². The Morgan fingerprint density at radius 2 is 1.88 bits per heavy atom. The van der Waals surface area contributed by atoms with Crippen molar-refractivity contribution in [3.8, 4) is 5.75 Å². The Morgan fingerprint density at radius 3 is 2.48 bits per heavy atom. The monoisotopic (exact) mass is 403 g/mol. The molecule has 136 valence electrons. The van der Waals surface area contributed by atoms with Gasteiger partial charge in [0, 0.05) is 11.4 Å². The van der Waals surface area contributed by atoms with E-state index in [-0.39, 0.29) is 34.4 Å². The maximum Gasteiger partial charge on any atom is 0.350 e. The standard InChI is InChI=1S/C17H19Cl2NO4S/c1-8(2)9(3)20-12(21)7-24-17(22)16-13(18)10-5-6-11(23-4)14(19)15(10)25-16/h5-6,8-9H,7H2,1-4H3,(H,20,21)/t9-/m0/s1. The fourth-order valence-corrected chi connectivity index (χ4v) is 3.81. The van der Waals surface area contributed by atoms with Crippen LogP contribution in [-0.2, 0) is 9.53 Å². The fourth-order valence-electron chi connectivity index (χ4n) is 2.03. The van der Waals surface area contributed by atoms with Gasteiger partial charge in [-0.2, -0.15) is 0 Å². The summed E-state index contributed by atoms with van der Waals surface area (Å²) < 4.78 is 10.9. The van der Waals surface area contributed by atoms with E-state index >= 15 is 0 Å². The number of carbonyl (C=O) groups excluding carboxylic acids is 2. The molecule has 8 heteroatoms. The molecule has 0 saturated carbocycles. The SMILES string of the molecule is COc1ccc2c(Cl)c(C(=O)OCC(=O)N[C@@H](C)C(C)C)sc2c1Cl. The van der Waals surface area contributed by atoms with E-state index in [4.69, 9.17) is 32.7 Å². The maximum absolute atomic E-state index is 12.3. The lowest BCUT2D eigenvalue weighted by Crippen LogP contribution is -2.38. The van der Waals surface area contributed by atoms with Crippen LogP contribution in [0.15, 0.2) is 12.1 Å². The average molecular weight is 404 g/mol. The van der Waals surface area contributed by atoms with Crippen LogP contribution in [-0.4, -0.2) is 31.6 Å². The lowest BCUT2D eigenvalue weighted by molar-refractivity contribution is -0.125. The Morgan fingerprint density at radius 1 is 1.20 bits per heavy atom. The van der Waals surface area contributed by atoms with Gasteiger partial charge >= 0.3 is 5.97 Å². The van der Waals surface area contributed by atoms with Crippen LogP contribution in [0, 0.1) is 5.92 Å². The number of nitrogens with one attached hydrogen (secondary N) is 1. The van der Waals surface area contributed by atoms with Gasteiger partial charge in [-0.25, -0.2) is 4.79 Å². The quantitative estimate of drug-likeness (QED) is 0.719. The van der Waals surface area contributed by atoms with E-state index in [1.54, 1.807) is 12.1 Å². The number of carbonyl (C=O) groups is 2. The highest BCUT2D eigenvalue weighted by molar-refractivity contribution is 7.22. The number of benzene rings is 1. The topological polar surface area (TPSA) is 64.6 Å². The zero-order valence-electron chi connectivity index (χ0n) is 14.3. The number of amides is 1. The molecule has 0 aliphatic heterocycles. The van der Waals surface area contributed by atoms with Crippen LogP contribution in [0.5, 0.6) is 5.75 Å². The zero-order valence-corrected chi connectivity index (χ0v) is 16.6. The molecule has 0 aliphatic carbocycles. The van der Waals surface area contributed by atoms with Crippen molar-refractivity contribution in [1.29, 1.82) is 0 Å². The van der Waals surface area contributed by atoms with Crippen molar-refractivity contribution in [1.82, 2.24) is 5.32 Å². The first-order chi connectivity index (χ1) is 11.8. The Kier molecular flexibility index (Phi) is 6.54. The summed E-state index contributed by atoms with van der Waals surface area (Å²) in [6.45, 7) is 5.51. The number of ether oxygens (including phenoxy) is 2.